The maximum Gasteiger partial charge on any atom is 0.225 e. The molecule has 1 aliphatic heterocycles. The van der Waals surface area contributed by atoms with Crippen molar-refractivity contribution in [1.29, 1.82) is 0 Å². The average molecular weight is 303 g/mol. The van der Waals surface area contributed by atoms with Crippen molar-refractivity contribution in [2.75, 3.05) is 23.4 Å². The third-order valence-electron chi connectivity index (χ3n) is 3.28. The Morgan fingerprint density at radius 1 is 1.43 bits per heavy atom. The highest BCUT2D eigenvalue weighted by Gasteiger charge is 2.16. The topological polar surface area (TPSA) is 71.8 Å². The van der Waals surface area contributed by atoms with Crippen LogP contribution in [0.5, 0.6) is 0 Å². The van der Waals surface area contributed by atoms with Crippen LogP contribution in [0.2, 0.25) is 0 Å². The number of nitrogens with zero attached hydrogens (tertiary/aromatic N) is 3. The number of rotatable bonds is 4. The molecule has 7 heteroatoms. The number of benzene rings is 1. The van der Waals surface area contributed by atoms with Crippen LogP contribution < -0.4 is 10.6 Å². The number of anilines is 1. The Morgan fingerprint density at radius 3 is 3.05 bits per heavy atom. The van der Waals surface area contributed by atoms with Crippen LogP contribution >= 0.6 is 11.8 Å². The van der Waals surface area contributed by atoms with Gasteiger partial charge in [-0.25, -0.2) is 0 Å². The molecule has 1 aromatic carbocycles. The van der Waals surface area contributed by atoms with Gasteiger partial charge in [0.1, 0.15) is 12.7 Å². The molecule has 2 N–H and O–H groups in total. The molecule has 0 aliphatic carbocycles. The van der Waals surface area contributed by atoms with Gasteiger partial charge >= 0.3 is 0 Å². The molecule has 2 aromatic rings. The standard InChI is InChI=1S/C14H17N5OS/c20-14(7-12-8-21-5-4-15-12)18-11-2-1-3-13(6-11)19-9-16-17-10-19/h1-3,6,9-10,12,15H,4-5,7-8H2,(H,18,20). The average Bonchev–Trinajstić information content (AvgIpc) is 3.02. The highest BCUT2D eigenvalue weighted by molar-refractivity contribution is 7.99. The van der Waals surface area contributed by atoms with Crippen LogP contribution in [0.4, 0.5) is 5.69 Å². The monoisotopic (exact) mass is 303 g/mol. The second-order valence-electron chi connectivity index (χ2n) is 4.90. The van der Waals surface area contributed by atoms with Crippen molar-refractivity contribution >= 4 is 23.4 Å². The van der Waals surface area contributed by atoms with E-state index in [9.17, 15) is 4.79 Å². The van der Waals surface area contributed by atoms with Gasteiger partial charge in [0.05, 0.1) is 5.69 Å². The zero-order valence-electron chi connectivity index (χ0n) is 11.5. The van der Waals surface area contributed by atoms with Crippen molar-refractivity contribution < 1.29 is 4.79 Å². The van der Waals surface area contributed by atoms with Crippen molar-refractivity contribution in [2.24, 2.45) is 0 Å². The van der Waals surface area contributed by atoms with Gasteiger partial charge in [-0.3, -0.25) is 9.36 Å². The first-order valence-electron chi connectivity index (χ1n) is 6.87. The first kappa shape index (κ1) is 14.1. The van der Waals surface area contributed by atoms with Gasteiger partial charge < -0.3 is 10.6 Å². The fourth-order valence-electron chi connectivity index (χ4n) is 2.26. The minimum Gasteiger partial charge on any atom is -0.326 e. The predicted molar refractivity (Wildman–Crippen MR) is 83.7 cm³/mol. The molecule has 1 amide bonds. The van der Waals surface area contributed by atoms with Crippen LogP contribution in [0.25, 0.3) is 5.69 Å². The molecule has 0 radical (unpaired) electrons. The Kier molecular flexibility index (Phi) is 4.52. The van der Waals surface area contributed by atoms with Crippen LogP contribution in [0.3, 0.4) is 0 Å². The van der Waals surface area contributed by atoms with Crippen molar-refractivity contribution in [3.8, 4) is 5.69 Å². The molecule has 6 nitrogen and oxygen atoms in total. The van der Waals surface area contributed by atoms with Crippen molar-refractivity contribution in [1.82, 2.24) is 20.1 Å². The number of carbonyl (C=O) groups excluding carboxylic acids is 1. The van der Waals surface area contributed by atoms with E-state index in [0.29, 0.717) is 6.42 Å². The Balaban J connectivity index is 1.62. The van der Waals surface area contributed by atoms with E-state index >= 15 is 0 Å². The lowest BCUT2D eigenvalue weighted by Crippen LogP contribution is -2.39. The van der Waals surface area contributed by atoms with E-state index in [0.717, 1.165) is 29.4 Å². The summed E-state index contributed by atoms with van der Waals surface area (Å²) in [5.41, 5.74) is 1.71. The molecular weight excluding hydrogens is 286 g/mol. The summed E-state index contributed by atoms with van der Waals surface area (Å²) in [6, 6.07) is 7.90. The predicted octanol–water partition coefficient (Wildman–Crippen LogP) is 1.30. The summed E-state index contributed by atoms with van der Waals surface area (Å²) >= 11 is 1.89. The molecule has 0 spiro atoms. The van der Waals surface area contributed by atoms with E-state index < -0.39 is 0 Å². The fraction of sp³-hybridized carbons (Fsp3) is 0.357. The van der Waals surface area contributed by atoms with E-state index in [1.807, 2.05) is 36.0 Å². The second-order valence-corrected chi connectivity index (χ2v) is 6.05. The van der Waals surface area contributed by atoms with Crippen LogP contribution in [0.15, 0.2) is 36.9 Å². The van der Waals surface area contributed by atoms with Gasteiger partial charge in [0.25, 0.3) is 0 Å². The van der Waals surface area contributed by atoms with Gasteiger partial charge in [-0.05, 0) is 18.2 Å². The summed E-state index contributed by atoms with van der Waals surface area (Å²) in [6.45, 7) is 0.978. The SMILES string of the molecule is O=C(CC1CSCCN1)Nc1cccc(-n2cnnc2)c1. The van der Waals surface area contributed by atoms with Gasteiger partial charge in [-0.15, -0.1) is 10.2 Å². The highest BCUT2D eigenvalue weighted by Crippen LogP contribution is 2.15. The lowest BCUT2D eigenvalue weighted by molar-refractivity contribution is -0.116. The zero-order chi connectivity index (χ0) is 14.5. The number of hydrogen-bond acceptors (Lipinski definition) is 5. The van der Waals surface area contributed by atoms with Crippen LogP contribution in [0, 0.1) is 0 Å². The number of carbonyl (C=O) groups is 1. The summed E-state index contributed by atoms with van der Waals surface area (Å²) < 4.78 is 1.80. The van der Waals surface area contributed by atoms with E-state index in [1.165, 1.54) is 0 Å². The number of amides is 1. The number of nitrogens with one attached hydrogen (secondary N) is 2. The largest absolute Gasteiger partial charge is 0.326 e. The molecule has 21 heavy (non-hydrogen) atoms. The molecule has 2 heterocycles. The lowest BCUT2D eigenvalue weighted by Gasteiger charge is -2.22. The maximum atomic E-state index is 12.1. The van der Waals surface area contributed by atoms with Crippen molar-refractivity contribution in [3.63, 3.8) is 0 Å². The Hall–Kier alpha value is -1.86. The van der Waals surface area contributed by atoms with Crippen LogP contribution in [-0.4, -0.2) is 44.8 Å². The molecule has 1 saturated heterocycles. The van der Waals surface area contributed by atoms with Gasteiger partial charge in [0.15, 0.2) is 0 Å². The summed E-state index contributed by atoms with van der Waals surface area (Å²) in [6.07, 6.45) is 3.76. The smallest absolute Gasteiger partial charge is 0.225 e. The number of thioether (sulfide) groups is 1. The third kappa shape index (κ3) is 3.83. The van der Waals surface area contributed by atoms with E-state index in [2.05, 4.69) is 20.8 Å². The quantitative estimate of drug-likeness (QED) is 0.891. The van der Waals surface area contributed by atoms with E-state index in [1.54, 1.807) is 17.2 Å². The Labute approximate surface area is 127 Å². The zero-order valence-corrected chi connectivity index (χ0v) is 12.3. The molecule has 110 valence electrons. The summed E-state index contributed by atoms with van der Waals surface area (Å²) in [5, 5.41) is 13.9. The van der Waals surface area contributed by atoms with Crippen LogP contribution in [-0.2, 0) is 4.79 Å². The highest BCUT2D eigenvalue weighted by atomic mass is 32.2. The minimum absolute atomic E-state index is 0.0379. The molecule has 0 saturated carbocycles. The molecule has 1 atom stereocenters. The molecule has 3 rings (SSSR count). The first-order chi connectivity index (χ1) is 10.3. The molecule has 1 aromatic heterocycles. The molecular formula is C14H17N5OS. The molecule has 0 bridgehead atoms. The number of hydrogen-bond donors (Lipinski definition) is 2. The van der Waals surface area contributed by atoms with E-state index in [4.69, 9.17) is 0 Å². The molecule has 1 unspecified atom stereocenters. The summed E-state index contributed by atoms with van der Waals surface area (Å²) in [5.74, 6) is 2.16. The second kappa shape index (κ2) is 6.73. The Morgan fingerprint density at radius 2 is 2.29 bits per heavy atom. The third-order valence-corrected chi connectivity index (χ3v) is 4.41. The van der Waals surface area contributed by atoms with Gasteiger partial charge in [-0.1, -0.05) is 6.07 Å². The summed E-state index contributed by atoms with van der Waals surface area (Å²) in [4.78, 5) is 12.1. The molecule has 1 aliphatic rings. The normalized spacial score (nSPS) is 18.4. The van der Waals surface area contributed by atoms with Gasteiger partial charge in [0.2, 0.25) is 5.91 Å². The van der Waals surface area contributed by atoms with E-state index in [-0.39, 0.29) is 11.9 Å². The van der Waals surface area contributed by atoms with Crippen molar-refractivity contribution in [2.45, 2.75) is 12.5 Å². The van der Waals surface area contributed by atoms with Gasteiger partial charge in [0, 0.05) is 36.2 Å². The van der Waals surface area contributed by atoms with Crippen molar-refractivity contribution in [3.05, 3.63) is 36.9 Å². The minimum atomic E-state index is 0.0379. The Bertz CT molecular complexity index is 595. The maximum absolute atomic E-state index is 12.1. The number of aromatic nitrogens is 3. The van der Waals surface area contributed by atoms with Crippen LogP contribution in [0.1, 0.15) is 6.42 Å². The lowest BCUT2D eigenvalue weighted by atomic mass is 10.2. The fourth-order valence-corrected chi connectivity index (χ4v) is 3.21. The van der Waals surface area contributed by atoms with Gasteiger partial charge in [-0.2, -0.15) is 11.8 Å². The summed E-state index contributed by atoms with van der Waals surface area (Å²) in [7, 11) is 0. The first-order valence-corrected chi connectivity index (χ1v) is 8.03. The molecule has 1 fully saturated rings.